The highest BCUT2D eigenvalue weighted by Crippen LogP contribution is 2.29. The monoisotopic (exact) mass is 417 g/mol. The molecule has 156 valence electrons. The van der Waals surface area contributed by atoms with Gasteiger partial charge in [0.15, 0.2) is 4.77 Å². The first-order valence-electron chi connectivity index (χ1n) is 9.82. The van der Waals surface area contributed by atoms with Crippen molar-refractivity contribution in [3.63, 3.8) is 0 Å². The number of azo groups is 1. The Morgan fingerprint density at radius 1 is 1.17 bits per heavy atom. The molecule has 0 saturated carbocycles. The van der Waals surface area contributed by atoms with Gasteiger partial charge in [0, 0.05) is 25.8 Å². The largest absolute Gasteiger partial charge is 0.493 e. The molecule has 0 radical (unpaired) electrons. The fourth-order valence-corrected chi connectivity index (χ4v) is 3.41. The van der Waals surface area contributed by atoms with Crippen LogP contribution in [0.2, 0.25) is 0 Å². The number of hydrogen-bond acceptors (Lipinski definition) is 6. The highest BCUT2D eigenvalue weighted by molar-refractivity contribution is 7.71. The van der Waals surface area contributed by atoms with Crippen LogP contribution in [-0.4, -0.2) is 23.8 Å². The molecule has 0 aliphatic heterocycles. The normalized spacial score (nSPS) is 11.3. The van der Waals surface area contributed by atoms with Crippen molar-refractivity contribution in [1.29, 1.82) is 0 Å². The molecular weight excluding hydrogens is 390 g/mol. The van der Waals surface area contributed by atoms with Crippen molar-refractivity contribution in [2.75, 3.05) is 0 Å². The van der Waals surface area contributed by atoms with E-state index in [-0.39, 0.29) is 22.3 Å². The predicted octanol–water partition coefficient (Wildman–Crippen LogP) is 4.95. The fourth-order valence-electron chi connectivity index (χ4n) is 3.11. The van der Waals surface area contributed by atoms with Gasteiger partial charge in [-0.2, -0.15) is 0 Å². The first-order chi connectivity index (χ1) is 13.9. The second kappa shape index (κ2) is 10.1. The number of aromatic nitrogens is 4. The number of aromatic hydroxyl groups is 1. The Labute approximate surface area is 175 Å². The van der Waals surface area contributed by atoms with Gasteiger partial charge in [-0.1, -0.05) is 49.8 Å². The second-order valence-electron chi connectivity index (χ2n) is 6.62. The zero-order valence-electron chi connectivity index (χ0n) is 17.3. The SMILES string of the molecule is [C-]#[N+]c1nc(N=Nc2c(O)n(C)c(=S)n(CC)c2=O)n(CCCCCC)c1CC. The van der Waals surface area contributed by atoms with Crippen LogP contribution in [0.25, 0.3) is 4.85 Å². The Kier molecular flexibility index (Phi) is 7.84. The zero-order valence-corrected chi connectivity index (χ0v) is 18.2. The van der Waals surface area contributed by atoms with E-state index in [9.17, 15) is 9.90 Å². The van der Waals surface area contributed by atoms with Gasteiger partial charge in [0.1, 0.15) is 0 Å². The van der Waals surface area contributed by atoms with Crippen molar-refractivity contribution in [1.82, 2.24) is 18.7 Å². The first-order valence-corrected chi connectivity index (χ1v) is 10.2. The molecule has 2 aromatic rings. The third-order valence-electron chi connectivity index (χ3n) is 4.76. The lowest BCUT2D eigenvalue weighted by Gasteiger charge is -2.10. The van der Waals surface area contributed by atoms with Crippen LogP contribution < -0.4 is 5.56 Å². The Hall–Kier alpha value is -2.80. The van der Waals surface area contributed by atoms with Crippen LogP contribution in [0.3, 0.4) is 0 Å². The first kappa shape index (κ1) is 22.5. The maximum Gasteiger partial charge on any atom is 0.344 e. The van der Waals surface area contributed by atoms with Gasteiger partial charge in [-0.25, -0.2) is 0 Å². The Morgan fingerprint density at radius 3 is 2.48 bits per heavy atom. The lowest BCUT2D eigenvalue weighted by atomic mass is 10.2. The summed E-state index contributed by atoms with van der Waals surface area (Å²) >= 11 is 5.19. The van der Waals surface area contributed by atoms with Crippen molar-refractivity contribution < 1.29 is 5.11 Å². The Morgan fingerprint density at radius 2 is 1.90 bits per heavy atom. The van der Waals surface area contributed by atoms with Crippen LogP contribution in [0, 0.1) is 11.3 Å². The maximum absolute atomic E-state index is 12.6. The summed E-state index contributed by atoms with van der Waals surface area (Å²) in [6, 6.07) is 0. The number of hydrogen-bond donors (Lipinski definition) is 1. The molecule has 9 nitrogen and oxygen atoms in total. The third-order valence-corrected chi connectivity index (χ3v) is 5.25. The average molecular weight is 418 g/mol. The van der Waals surface area contributed by atoms with Gasteiger partial charge in [-0.3, -0.25) is 13.9 Å². The molecule has 0 saturated heterocycles. The minimum atomic E-state index is -0.515. The van der Waals surface area contributed by atoms with Crippen molar-refractivity contribution in [3.05, 3.63) is 32.2 Å². The number of imidazole rings is 1. The molecule has 10 heteroatoms. The number of unbranched alkanes of at least 4 members (excludes halogenated alkanes) is 3. The summed E-state index contributed by atoms with van der Waals surface area (Å²) in [6.07, 6.45) is 4.91. The van der Waals surface area contributed by atoms with Gasteiger partial charge in [-0.05, 0) is 32.0 Å². The average Bonchev–Trinajstić information content (AvgIpc) is 3.06. The molecule has 2 rings (SSSR count). The number of nitrogens with zero attached hydrogens (tertiary/aromatic N) is 7. The predicted molar refractivity (Wildman–Crippen MR) is 114 cm³/mol. The second-order valence-corrected chi connectivity index (χ2v) is 6.99. The van der Waals surface area contributed by atoms with E-state index in [0.29, 0.717) is 25.3 Å². The van der Waals surface area contributed by atoms with Gasteiger partial charge in [0.25, 0.3) is 11.4 Å². The van der Waals surface area contributed by atoms with Gasteiger partial charge < -0.3 is 14.5 Å². The van der Waals surface area contributed by atoms with Gasteiger partial charge in [0.2, 0.25) is 11.6 Å². The van der Waals surface area contributed by atoms with Gasteiger partial charge in [0.05, 0.1) is 0 Å². The van der Waals surface area contributed by atoms with E-state index in [1.807, 2.05) is 11.5 Å². The summed E-state index contributed by atoms with van der Waals surface area (Å²) in [5.41, 5.74) is 0.0806. The van der Waals surface area contributed by atoms with Crippen LogP contribution in [0.5, 0.6) is 5.88 Å². The maximum atomic E-state index is 12.6. The third kappa shape index (κ3) is 4.62. The fraction of sp³-hybridized carbons (Fsp3) is 0.579. The van der Waals surface area contributed by atoms with Crippen molar-refractivity contribution in [2.24, 2.45) is 17.3 Å². The molecule has 0 amide bonds. The molecule has 1 N–H and O–H groups in total. The topological polar surface area (TPSA) is 94.1 Å². The molecule has 29 heavy (non-hydrogen) atoms. The van der Waals surface area contributed by atoms with Crippen molar-refractivity contribution in [2.45, 2.75) is 66.0 Å². The lowest BCUT2D eigenvalue weighted by Crippen LogP contribution is -2.23. The molecular formula is C19H27N7O2S. The summed E-state index contributed by atoms with van der Waals surface area (Å²) < 4.78 is 4.73. The summed E-state index contributed by atoms with van der Waals surface area (Å²) in [6.45, 7) is 14.3. The molecule has 2 aromatic heterocycles. The smallest absolute Gasteiger partial charge is 0.344 e. The highest BCUT2D eigenvalue weighted by atomic mass is 32.1. The summed E-state index contributed by atoms with van der Waals surface area (Å²) in [5.74, 6) is 0.200. The standard InChI is InChI=1S/C19H27N7O2S/c1-6-9-10-11-12-26-13(7-2)15(20-4)21-18(26)23-22-14-16(27)24(5)19(29)25(8-3)17(14)28/h27H,6-12H2,1-3,5H3. The molecule has 0 aliphatic carbocycles. The minimum absolute atomic E-state index is 0.203. The quantitative estimate of drug-likeness (QED) is 0.270. The van der Waals surface area contributed by atoms with E-state index in [4.69, 9.17) is 18.8 Å². The van der Waals surface area contributed by atoms with E-state index in [1.54, 1.807) is 14.0 Å². The molecule has 0 aromatic carbocycles. The molecule has 0 bridgehead atoms. The Bertz CT molecular complexity index is 1060. The molecule has 0 unspecified atom stereocenters. The van der Waals surface area contributed by atoms with Crippen LogP contribution in [-0.2, 0) is 26.6 Å². The molecule has 0 spiro atoms. The molecule has 2 heterocycles. The van der Waals surface area contributed by atoms with Crippen LogP contribution >= 0.6 is 12.2 Å². The summed E-state index contributed by atoms with van der Waals surface area (Å²) in [5, 5.41) is 18.5. The number of rotatable bonds is 9. The summed E-state index contributed by atoms with van der Waals surface area (Å²) in [4.78, 5) is 20.4. The molecule has 0 fully saturated rings. The minimum Gasteiger partial charge on any atom is -0.493 e. The van der Waals surface area contributed by atoms with Crippen LogP contribution in [0.15, 0.2) is 15.0 Å². The van der Waals surface area contributed by atoms with E-state index in [0.717, 1.165) is 31.4 Å². The van der Waals surface area contributed by atoms with Crippen LogP contribution in [0.4, 0.5) is 17.5 Å². The van der Waals surface area contributed by atoms with E-state index < -0.39 is 5.56 Å². The highest BCUT2D eigenvalue weighted by Gasteiger charge is 2.20. The van der Waals surface area contributed by atoms with Crippen LogP contribution in [0.1, 0.15) is 52.1 Å². The molecule has 0 atom stereocenters. The van der Waals surface area contributed by atoms with Crippen molar-refractivity contribution >= 4 is 29.7 Å². The van der Waals surface area contributed by atoms with E-state index in [1.165, 1.54) is 9.13 Å². The van der Waals surface area contributed by atoms with Gasteiger partial charge >= 0.3 is 5.95 Å². The zero-order chi connectivity index (χ0) is 21.6. The summed E-state index contributed by atoms with van der Waals surface area (Å²) in [7, 11) is 1.56. The Balaban J connectivity index is 2.52. The van der Waals surface area contributed by atoms with Gasteiger partial charge in [-0.15, -0.1) is 5.11 Å². The lowest BCUT2D eigenvalue weighted by molar-refractivity contribution is 0.415. The van der Waals surface area contributed by atoms with E-state index in [2.05, 4.69) is 27.0 Å². The van der Waals surface area contributed by atoms with Crippen molar-refractivity contribution in [3.8, 4) is 5.88 Å². The molecule has 0 aliphatic rings. The van der Waals surface area contributed by atoms with E-state index >= 15 is 0 Å².